The minimum atomic E-state index is 0.114. The summed E-state index contributed by atoms with van der Waals surface area (Å²) in [4.78, 5) is 14.6. The number of nitrogens with zero attached hydrogens (tertiary/aromatic N) is 2. The van der Waals surface area contributed by atoms with Gasteiger partial charge in [0.15, 0.2) is 0 Å². The topological polar surface area (TPSA) is 49.0 Å². The number of carbonyl (C=O) groups excluding carboxylic acids is 1. The third-order valence-electron chi connectivity index (χ3n) is 4.30. The van der Waals surface area contributed by atoms with Crippen LogP contribution in [0, 0.1) is 0 Å². The number of benzene rings is 1. The molecule has 0 radical (unpaired) electrons. The number of aromatic nitrogens is 2. The first kappa shape index (κ1) is 13.0. The summed E-state index contributed by atoms with van der Waals surface area (Å²) < 4.78 is 0. The Balaban J connectivity index is 1.71. The lowest BCUT2D eigenvalue weighted by atomic mass is 9.89. The summed E-state index contributed by atoms with van der Waals surface area (Å²) in [6.07, 6.45) is 1.88. The Morgan fingerprint density at radius 1 is 1.19 bits per heavy atom. The zero-order chi connectivity index (χ0) is 14.2. The van der Waals surface area contributed by atoms with Gasteiger partial charge in [-0.05, 0) is 18.4 Å². The van der Waals surface area contributed by atoms with E-state index >= 15 is 0 Å². The molecule has 1 aromatic heterocycles. The second-order valence-corrected chi connectivity index (χ2v) is 6.71. The minimum absolute atomic E-state index is 0.114. The van der Waals surface area contributed by atoms with Crippen LogP contribution < -0.4 is 0 Å². The van der Waals surface area contributed by atoms with Crippen LogP contribution >= 0.6 is 11.8 Å². The molecule has 2 heterocycles. The Labute approximate surface area is 127 Å². The Morgan fingerprint density at radius 2 is 2.00 bits per heavy atom. The van der Waals surface area contributed by atoms with E-state index in [0.29, 0.717) is 5.69 Å². The molecular weight excluding hydrogens is 282 g/mol. The summed E-state index contributed by atoms with van der Waals surface area (Å²) in [6, 6.07) is 8.34. The second kappa shape index (κ2) is 5.22. The van der Waals surface area contributed by atoms with Crippen LogP contribution in [0.25, 0.3) is 11.3 Å². The fourth-order valence-electron chi connectivity index (χ4n) is 3.16. The normalized spacial score (nSPS) is 17.2. The quantitative estimate of drug-likeness (QED) is 0.879. The summed E-state index contributed by atoms with van der Waals surface area (Å²) in [5.41, 5.74) is 5.25. The molecule has 1 saturated heterocycles. The van der Waals surface area contributed by atoms with Crippen molar-refractivity contribution in [3.63, 3.8) is 0 Å². The molecule has 1 amide bonds. The smallest absolute Gasteiger partial charge is 0.272 e. The van der Waals surface area contributed by atoms with Crippen molar-refractivity contribution >= 4 is 17.7 Å². The van der Waals surface area contributed by atoms with Crippen molar-refractivity contribution in [2.24, 2.45) is 0 Å². The highest BCUT2D eigenvalue weighted by molar-refractivity contribution is 7.99. The number of fused-ring (bicyclic) bond motifs is 3. The monoisotopic (exact) mass is 299 g/mol. The number of aromatic amines is 1. The molecule has 21 heavy (non-hydrogen) atoms. The van der Waals surface area contributed by atoms with Crippen LogP contribution in [0.4, 0.5) is 0 Å². The van der Waals surface area contributed by atoms with Gasteiger partial charge in [0, 0.05) is 35.7 Å². The van der Waals surface area contributed by atoms with E-state index in [1.165, 1.54) is 11.1 Å². The highest BCUT2D eigenvalue weighted by Crippen LogP contribution is 2.33. The molecule has 4 nitrogen and oxygen atoms in total. The average molecular weight is 299 g/mol. The van der Waals surface area contributed by atoms with E-state index in [-0.39, 0.29) is 5.91 Å². The molecule has 1 aliphatic heterocycles. The van der Waals surface area contributed by atoms with Gasteiger partial charge in [-0.3, -0.25) is 9.89 Å². The van der Waals surface area contributed by atoms with E-state index in [0.717, 1.165) is 48.7 Å². The molecule has 0 bridgehead atoms. The molecule has 1 aromatic carbocycles. The van der Waals surface area contributed by atoms with Crippen LogP contribution in [0.5, 0.6) is 0 Å². The molecule has 0 atom stereocenters. The molecule has 1 fully saturated rings. The van der Waals surface area contributed by atoms with Gasteiger partial charge >= 0.3 is 0 Å². The van der Waals surface area contributed by atoms with Gasteiger partial charge in [0.2, 0.25) is 0 Å². The summed E-state index contributed by atoms with van der Waals surface area (Å²) >= 11 is 1.91. The average Bonchev–Trinajstić information content (AvgIpc) is 2.99. The van der Waals surface area contributed by atoms with Crippen molar-refractivity contribution in [1.29, 1.82) is 0 Å². The van der Waals surface area contributed by atoms with Crippen molar-refractivity contribution in [2.75, 3.05) is 24.6 Å². The van der Waals surface area contributed by atoms with Crippen LogP contribution in [-0.2, 0) is 12.8 Å². The Morgan fingerprint density at radius 3 is 2.86 bits per heavy atom. The van der Waals surface area contributed by atoms with E-state index in [1.807, 2.05) is 22.7 Å². The zero-order valence-corrected chi connectivity index (χ0v) is 12.6. The van der Waals surface area contributed by atoms with E-state index in [4.69, 9.17) is 0 Å². The van der Waals surface area contributed by atoms with Gasteiger partial charge in [-0.2, -0.15) is 16.9 Å². The van der Waals surface area contributed by atoms with Gasteiger partial charge in [-0.15, -0.1) is 0 Å². The first-order valence-corrected chi connectivity index (χ1v) is 8.52. The Hall–Kier alpha value is -1.75. The number of rotatable bonds is 1. The third kappa shape index (κ3) is 2.16. The number of amides is 1. The lowest BCUT2D eigenvalue weighted by molar-refractivity contribution is 0.0765. The predicted octanol–water partition coefficient (Wildman–Crippen LogP) is 2.36. The molecule has 0 saturated carbocycles. The molecular formula is C16H17N3OS. The molecule has 0 spiro atoms. The van der Waals surface area contributed by atoms with E-state index in [2.05, 4.69) is 28.4 Å². The van der Waals surface area contributed by atoms with Crippen molar-refractivity contribution in [2.45, 2.75) is 12.8 Å². The largest absolute Gasteiger partial charge is 0.336 e. The molecule has 0 unspecified atom stereocenters. The van der Waals surface area contributed by atoms with Crippen LogP contribution in [0.1, 0.15) is 21.6 Å². The summed E-state index contributed by atoms with van der Waals surface area (Å²) in [5, 5.41) is 7.44. The molecule has 1 N–H and O–H groups in total. The second-order valence-electron chi connectivity index (χ2n) is 5.49. The fourth-order valence-corrected chi connectivity index (χ4v) is 4.06. The first-order chi connectivity index (χ1) is 10.3. The zero-order valence-electron chi connectivity index (χ0n) is 11.8. The highest BCUT2D eigenvalue weighted by atomic mass is 32.2. The third-order valence-corrected chi connectivity index (χ3v) is 5.24. The van der Waals surface area contributed by atoms with Gasteiger partial charge in [-0.1, -0.05) is 24.3 Å². The van der Waals surface area contributed by atoms with Gasteiger partial charge < -0.3 is 4.90 Å². The van der Waals surface area contributed by atoms with Gasteiger partial charge in [0.05, 0.1) is 5.69 Å². The number of aryl methyl sites for hydroxylation is 1. The van der Waals surface area contributed by atoms with Crippen LogP contribution in [-0.4, -0.2) is 45.6 Å². The van der Waals surface area contributed by atoms with Gasteiger partial charge in [0.25, 0.3) is 5.91 Å². The van der Waals surface area contributed by atoms with Crippen LogP contribution in [0.3, 0.4) is 0 Å². The fraction of sp³-hybridized carbons (Fsp3) is 0.375. The molecule has 4 rings (SSSR count). The number of H-pyrrole nitrogens is 1. The summed E-state index contributed by atoms with van der Waals surface area (Å²) in [7, 11) is 0. The van der Waals surface area contributed by atoms with E-state index in [1.54, 1.807) is 0 Å². The van der Waals surface area contributed by atoms with Crippen molar-refractivity contribution < 1.29 is 4.79 Å². The number of hydrogen-bond acceptors (Lipinski definition) is 3. The maximum atomic E-state index is 12.7. The van der Waals surface area contributed by atoms with Crippen molar-refractivity contribution in [3.05, 3.63) is 41.1 Å². The molecule has 108 valence electrons. The molecule has 1 aliphatic carbocycles. The summed E-state index contributed by atoms with van der Waals surface area (Å²) in [5.74, 6) is 2.18. The number of thioether (sulfide) groups is 1. The maximum Gasteiger partial charge on any atom is 0.272 e. The van der Waals surface area contributed by atoms with Gasteiger partial charge in [0.1, 0.15) is 5.69 Å². The number of nitrogens with one attached hydrogen (secondary N) is 1. The first-order valence-electron chi connectivity index (χ1n) is 7.37. The lowest BCUT2D eigenvalue weighted by Crippen LogP contribution is -2.38. The molecule has 2 aliphatic rings. The van der Waals surface area contributed by atoms with E-state index < -0.39 is 0 Å². The summed E-state index contributed by atoms with van der Waals surface area (Å²) in [6.45, 7) is 1.68. The van der Waals surface area contributed by atoms with Crippen molar-refractivity contribution in [1.82, 2.24) is 15.1 Å². The van der Waals surface area contributed by atoms with Crippen molar-refractivity contribution in [3.8, 4) is 11.3 Å². The predicted molar refractivity (Wildman–Crippen MR) is 84.7 cm³/mol. The number of carbonyl (C=O) groups is 1. The highest BCUT2D eigenvalue weighted by Gasteiger charge is 2.28. The number of hydrogen-bond donors (Lipinski definition) is 1. The van der Waals surface area contributed by atoms with E-state index in [9.17, 15) is 4.79 Å². The molecule has 5 heteroatoms. The Kier molecular flexibility index (Phi) is 3.22. The maximum absolute atomic E-state index is 12.7. The minimum Gasteiger partial charge on any atom is -0.336 e. The molecule has 2 aromatic rings. The Bertz CT molecular complexity index is 689. The standard InChI is InChI=1S/C16H17N3OS/c20-16(19-7-9-21-10-8-19)15-13-6-5-11-3-1-2-4-12(11)14(13)17-18-15/h1-4H,5-10H2,(H,17,18). The SMILES string of the molecule is O=C(c1[nH]nc2c1CCc1ccccc1-2)N1CCSCC1. The van der Waals surface area contributed by atoms with Crippen LogP contribution in [0.2, 0.25) is 0 Å². The lowest BCUT2D eigenvalue weighted by Gasteiger charge is -2.26. The van der Waals surface area contributed by atoms with Gasteiger partial charge in [-0.25, -0.2) is 0 Å². The van der Waals surface area contributed by atoms with Crippen LogP contribution in [0.15, 0.2) is 24.3 Å².